The van der Waals surface area contributed by atoms with Crippen molar-refractivity contribution in [3.63, 3.8) is 0 Å². The van der Waals surface area contributed by atoms with Crippen LogP contribution in [0.2, 0.25) is 0 Å². The number of nitrogens with zero attached hydrogens (tertiary/aromatic N) is 1. The summed E-state index contributed by atoms with van der Waals surface area (Å²) in [6.45, 7) is 7.24. The van der Waals surface area contributed by atoms with E-state index in [1.165, 1.54) is 28.2 Å². The van der Waals surface area contributed by atoms with Crippen LogP contribution < -0.4 is 0 Å². The molecule has 2 heterocycles. The summed E-state index contributed by atoms with van der Waals surface area (Å²) in [7, 11) is 0. The molecule has 1 aromatic carbocycles. The van der Waals surface area contributed by atoms with Gasteiger partial charge in [0.1, 0.15) is 6.61 Å². The molecule has 0 aliphatic carbocycles. The molecular weight excluding hydrogens is 310 g/mol. The fraction of sp³-hybridized carbons (Fsp3) is 0.611. The lowest BCUT2D eigenvalue weighted by Gasteiger charge is -2.41. The molecule has 4 nitrogen and oxygen atoms in total. The zero-order chi connectivity index (χ0) is 16.4. The molecule has 0 saturated carbocycles. The molecule has 1 saturated heterocycles. The third kappa shape index (κ3) is 3.90. The Morgan fingerprint density at radius 3 is 3.00 bits per heavy atom. The SMILES string of the molecule is CC(C)(C)N1CC(OCc2cccc3c2SCCC3)OCC1=O. The molecule has 5 heteroatoms. The summed E-state index contributed by atoms with van der Waals surface area (Å²) in [5.74, 6) is 1.21. The third-order valence-corrected chi connectivity index (χ3v) is 5.58. The van der Waals surface area contributed by atoms with Crippen molar-refractivity contribution in [1.29, 1.82) is 0 Å². The number of benzene rings is 1. The fourth-order valence-electron chi connectivity index (χ4n) is 3.05. The predicted molar refractivity (Wildman–Crippen MR) is 91.5 cm³/mol. The highest BCUT2D eigenvalue weighted by molar-refractivity contribution is 7.99. The lowest BCUT2D eigenvalue weighted by Crippen LogP contribution is -2.55. The number of rotatable bonds is 3. The van der Waals surface area contributed by atoms with Crippen LogP contribution in [0.3, 0.4) is 0 Å². The van der Waals surface area contributed by atoms with Gasteiger partial charge in [0.25, 0.3) is 0 Å². The number of ether oxygens (including phenoxy) is 2. The van der Waals surface area contributed by atoms with Gasteiger partial charge >= 0.3 is 0 Å². The lowest BCUT2D eigenvalue weighted by molar-refractivity contribution is -0.203. The number of hydrogen-bond acceptors (Lipinski definition) is 4. The molecule has 0 N–H and O–H groups in total. The first-order valence-electron chi connectivity index (χ1n) is 8.22. The van der Waals surface area contributed by atoms with Gasteiger partial charge in [-0.1, -0.05) is 18.2 Å². The first-order chi connectivity index (χ1) is 10.9. The van der Waals surface area contributed by atoms with Gasteiger partial charge in [-0.25, -0.2) is 0 Å². The smallest absolute Gasteiger partial charge is 0.249 e. The summed E-state index contributed by atoms with van der Waals surface area (Å²) in [6.07, 6.45) is 2.05. The Kier molecular flexibility index (Phi) is 4.99. The van der Waals surface area contributed by atoms with Crippen molar-refractivity contribution in [3.05, 3.63) is 29.3 Å². The molecule has 1 amide bonds. The van der Waals surface area contributed by atoms with E-state index < -0.39 is 0 Å². The highest BCUT2D eigenvalue weighted by atomic mass is 32.2. The molecule has 1 unspecified atom stereocenters. The van der Waals surface area contributed by atoms with Crippen molar-refractivity contribution >= 4 is 17.7 Å². The van der Waals surface area contributed by atoms with Crippen molar-refractivity contribution in [2.75, 3.05) is 18.9 Å². The number of carbonyl (C=O) groups excluding carboxylic acids is 1. The predicted octanol–water partition coefficient (Wildman–Crippen LogP) is 3.22. The van der Waals surface area contributed by atoms with Gasteiger partial charge in [0.15, 0.2) is 6.29 Å². The average molecular weight is 335 g/mol. The minimum Gasteiger partial charge on any atom is -0.346 e. The van der Waals surface area contributed by atoms with Crippen molar-refractivity contribution in [2.24, 2.45) is 0 Å². The largest absolute Gasteiger partial charge is 0.346 e. The van der Waals surface area contributed by atoms with Gasteiger partial charge in [0, 0.05) is 10.4 Å². The molecule has 126 valence electrons. The average Bonchev–Trinajstić information content (AvgIpc) is 2.53. The third-order valence-electron chi connectivity index (χ3n) is 4.27. The number of thioether (sulfide) groups is 1. The van der Waals surface area contributed by atoms with Crippen LogP contribution in [0.5, 0.6) is 0 Å². The Morgan fingerprint density at radius 2 is 2.22 bits per heavy atom. The fourth-order valence-corrected chi connectivity index (χ4v) is 4.21. The van der Waals surface area contributed by atoms with Gasteiger partial charge in [0.05, 0.1) is 13.2 Å². The van der Waals surface area contributed by atoms with Gasteiger partial charge in [0.2, 0.25) is 5.91 Å². The maximum Gasteiger partial charge on any atom is 0.249 e. The van der Waals surface area contributed by atoms with Crippen LogP contribution in [0.1, 0.15) is 38.3 Å². The standard InChI is InChI=1S/C18H25NO3S/c1-18(2,3)19-10-16(22-12-15(19)20)21-11-14-7-4-6-13-8-5-9-23-17(13)14/h4,6-7,16H,5,8-12H2,1-3H3. The van der Waals surface area contributed by atoms with E-state index in [4.69, 9.17) is 9.47 Å². The van der Waals surface area contributed by atoms with Crippen molar-refractivity contribution in [2.45, 2.75) is 56.9 Å². The van der Waals surface area contributed by atoms with E-state index in [-0.39, 0.29) is 24.3 Å². The molecule has 23 heavy (non-hydrogen) atoms. The Balaban J connectivity index is 1.64. The van der Waals surface area contributed by atoms with E-state index in [2.05, 4.69) is 18.2 Å². The molecule has 0 radical (unpaired) electrons. The number of hydrogen-bond donors (Lipinski definition) is 0. The van der Waals surface area contributed by atoms with E-state index in [1.54, 1.807) is 0 Å². The summed E-state index contributed by atoms with van der Waals surface area (Å²) in [4.78, 5) is 15.2. The van der Waals surface area contributed by atoms with Gasteiger partial charge in [-0.2, -0.15) is 0 Å². The number of amides is 1. The number of fused-ring (bicyclic) bond motifs is 1. The summed E-state index contributed by atoms with van der Waals surface area (Å²) in [5.41, 5.74) is 2.46. The van der Waals surface area contributed by atoms with Crippen LogP contribution in [0.4, 0.5) is 0 Å². The molecule has 3 rings (SSSR count). The molecule has 2 aliphatic rings. The number of aryl methyl sites for hydroxylation is 1. The van der Waals surface area contributed by atoms with Crippen LogP contribution in [-0.2, 0) is 27.3 Å². The Morgan fingerprint density at radius 1 is 1.39 bits per heavy atom. The quantitative estimate of drug-likeness (QED) is 0.850. The maximum atomic E-state index is 12.0. The summed E-state index contributed by atoms with van der Waals surface area (Å²) < 4.78 is 11.5. The summed E-state index contributed by atoms with van der Waals surface area (Å²) >= 11 is 1.92. The van der Waals surface area contributed by atoms with Gasteiger partial charge in [-0.15, -0.1) is 11.8 Å². The van der Waals surface area contributed by atoms with E-state index in [1.807, 2.05) is 37.4 Å². The highest BCUT2D eigenvalue weighted by Crippen LogP contribution is 2.33. The Bertz CT molecular complexity index is 582. The molecule has 0 aromatic heterocycles. The summed E-state index contributed by atoms with van der Waals surface area (Å²) in [6, 6.07) is 6.45. The molecule has 2 aliphatic heterocycles. The van der Waals surface area contributed by atoms with Gasteiger partial charge in [-0.05, 0) is 50.5 Å². The van der Waals surface area contributed by atoms with E-state index in [0.29, 0.717) is 13.2 Å². The van der Waals surface area contributed by atoms with Crippen LogP contribution in [0, 0.1) is 0 Å². The normalized spacial score (nSPS) is 22.1. The zero-order valence-electron chi connectivity index (χ0n) is 14.1. The minimum absolute atomic E-state index is 0.0324. The van der Waals surface area contributed by atoms with E-state index in [9.17, 15) is 4.79 Å². The zero-order valence-corrected chi connectivity index (χ0v) is 14.9. The molecule has 0 bridgehead atoms. The van der Waals surface area contributed by atoms with E-state index >= 15 is 0 Å². The molecule has 0 spiro atoms. The lowest BCUT2D eigenvalue weighted by atomic mass is 10.1. The molecule has 1 fully saturated rings. The Labute approximate surface area is 142 Å². The Hall–Kier alpha value is -1.04. The van der Waals surface area contributed by atoms with Crippen molar-refractivity contribution in [3.8, 4) is 0 Å². The topological polar surface area (TPSA) is 38.8 Å². The second kappa shape index (κ2) is 6.83. The van der Waals surface area contributed by atoms with Crippen LogP contribution in [-0.4, -0.2) is 41.5 Å². The second-order valence-electron chi connectivity index (χ2n) is 7.08. The van der Waals surface area contributed by atoms with Crippen LogP contribution >= 0.6 is 11.8 Å². The molecular formula is C18H25NO3S. The molecule has 1 aromatic rings. The van der Waals surface area contributed by atoms with Crippen molar-refractivity contribution < 1.29 is 14.3 Å². The van der Waals surface area contributed by atoms with Gasteiger partial charge in [-0.3, -0.25) is 4.79 Å². The monoisotopic (exact) mass is 335 g/mol. The first kappa shape index (κ1) is 16.8. The second-order valence-corrected chi connectivity index (χ2v) is 8.19. The first-order valence-corrected chi connectivity index (χ1v) is 9.21. The van der Waals surface area contributed by atoms with Crippen LogP contribution in [0.25, 0.3) is 0 Å². The number of morpholine rings is 1. The minimum atomic E-state index is -0.351. The highest BCUT2D eigenvalue weighted by Gasteiger charge is 2.34. The summed E-state index contributed by atoms with van der Waals surface area (Å²) in [5, 5.41) is 0. The van der Waals surface area contributed by atoms with Gasteiger partial charge < -0.3 is 14.4 Å². The molecule has 1 atom stereocenters. The number of carbonyl (C=O) groups is 1. The van der Waals surface area contributed by atoms with Crippen molar-refractivity contribution in [1.82, 2.24) is 4.90 Å². The van der Waals surface area contributed by atoms with Crippen LogP contribution in [0.15, 0.2) is 23.1 Å². The van der Waals surface area contributed by atoms with E-state index in [0.717, 1.165) is 6.42 Å². The maximum absolute atomic E-state index is 12.0.